The molecule has 0 aromatic heterocycles. The minimum absolute atomic E-state index is 0.0720. The van der Waals surface area contributed by atoms with Gasteiger partial charge < -0.3 is 15.6 Å². The van der Waals surface area contributed by atoms with Crippen molar-refractivity contribution in [3.63, 3.8) is 0 Å². The van der Waals surface area contributed by atoms with Crippen LogP contribution in [0.2, 0.25) is 0 Å². The summed E-state index contributed by atoms with van der Waals surface area (Å²) in [6.07, 6.45) is 0. The second kappa shape index (κ2) is 6.30. The Morgan fingerprint density at radius 3 is 2.31 bits per heavy atom. The third kappa shape index (κ3) is 2.66. The van der Waals surface area contributed by atoms with Crippen LogP contribution in [0.4, 0.5) is 0 Å². The molecular weight excluding hydrogens is 324 g/mol. The van der Waals surface area contributed by atoms with Gasteiger partial charge in [-0.1, -0.05) is 60.7 Å². The number of benzene rings is 3. The van der Waals surface area contributed by atoms with Gasteiger partial charge in [0.25, 0.3) is 0 Å². The van der Waals surface area contributed by atoms with Crippen LogP contribution in [0.5, 0.6) is 11.5 Å². The van der Waals surface area contributed by atoms with Crippen molar-refractivity contribution in [2.24, 2.45) is 5.73 Å². The Balaban J connectivity index is 1.80. The number of fused-ring (bicyclic) bond motifs is 1. The molecule has 126 valence electrons. The molecule has 1 aliphatic rings. The SMILES string of the molecule is N#CC1=C(N)Oc2cc(O)ccc2C1c1ccc(-c2ccccc2)cc1. The van der Waals surface area contributed by atoms with Gasteiger partial charge in [-0.2, -0.15) is 5.26 Å². The molecule has 0 aliphatic carbocycles. The number of phenols is 1. The number of rotatable bonds is 2. The second-order valence-corrected chi connectivity index (χ2v) is 6.13. The molecule has 0 amide bonds. The number of nitrogens with zero attached hydrogens (tertiary/aromatic N) is 1. The monoisotopic (exact) mass is 340 g/mol. The maximum absolute atomic E-state index is 9.71. The van der Waals surface area contributed by atoms with Crippen LogP contribution in [-0.4, -0.2) is 5.11 Å². The molecule has 1 atom stereocenters. The Labute approximate surface area is 151 Å². The smallest absolute Gasteiger partial charge is 0.205 e. The zero-order chi connectivity index (χ0) is 18.1. The van der Waals surface area contributed by atoms with Crippen molar-refractivity contribution in [2.75, 3.05) is 0 Å². The molecule has 0 radical (unpaired) electrons. The molecular formula is C22H16N2O2. The Hall–Kier alpha value is -3.71. The lowest BCUT2D eigenvalue weighted by molar-refractivity contribution is 0.388. The van der Waals surface area contributed by atoms with Crippen LogP contribution < -0.4 is 10.5 Å². The van der Waals surface area contributed by atoms with Gasteiger partial charge in [-0.3, -0.25) is 0 Å². The van der Waals surface area contributed by atoms with Crippen LogP contribution in [-0.2, 0) is 0 Å². The van der Waals surface area contributed by atoms with Crippen molar-refractivity contribution in [3.05, 3.63) is 95.4 Å². The first-order valence-corrected chi connectivity index (χ1v) is 8.23. The van der Waals surface area contributed by atoms with Gasteiger partial charge in [-0.05, 0) is 22.8 Å². The summed E-state index contributed by atoms with van der Waals surface area (Å²) in [6.45, 7) is 0. The highest BCUT2D eigenvalue weighted by Crippen LogP contribution is 2.43. The molecule has 1 heterocycles. The van der Waals surface area contributed by atoms with Crippen LogP contribution in [0.3, 0.4) is 0 Å². The van der Waals surface area contributed by atoms with Gasteiger partial charge in [-0.15, -0.1) is 0 Å². The average Bonchev–Trinajstić information content (AvgIpc) is 2.67. The van der Waals surface area contributed by atoms with E-state index in [0.717, 1.165) is 22.3 Å². The number of hydrogen-bond acceptors (Lipinski definition) is 4. The number of nitrogens with two attached hydrogens (primary N) is 1. The Kier molecular flexibility index (Phi) is 3.83. The lowest BCUT2D eigenvalue weighted by Crippen LogP contribution is -2.20. The summed E-state index contributed by atoms with van der Waals surface area (Å²) >= 11 is 0. The topological polar surface area (TPSA) is 79.3 Å². The number of aromatic hydroxyl groups is 1. The molecule has 0 saturated heterocycles. The van der Waals surface area contributed by atoms with E-state index >= 15 is 0 Å². The van der Waals surface area contributed by atoms with E-state index in [2.05, 4.69) is 18.2 Å². The molecule has 4 rings (SSSR count). The predicted molar refractivity (Wildman–Crippen MR) is 99.3 cm³/mol. The van der Waals surface area contributed by atoms with Crippen molar-refractivity contribution in [2.45, 2.75) is 5.92 Å². The minimum Gasteiger partial charge on any atom is -0.508 e. The van der Waals surface area contributed by atoms with Crippen LogP contribution in [0.1, 0.15) is 17.0 Å². The minimum atomic E-state index is -0.325. The van der Waals surface area contributed by atoms with E-state index in [1.54, 1.807) is 12.1 Å². The second-order valence-electron chi connectivity index (χ2n) is 6.13. The van der Waals surface area contributed by atoms with E-state index < -0.39 is 0 Å². The fraction of sp³-hybridized carbons (Fsp3) is 0.0455. The van der Waals surface area contributed by atoms with Gasteiger partial charge in [0.05, 0.1) is 5.92 Å². The molecule has 3 aromatic rings. The molecule has 4 nitrogen and oxygen atoms in total. The molecule has 3 N–H and O–H groups in total. The van der Waals surface area contributed by atoms with Gasteiger partial charge in [0, 0.05) is 11.6 Å². The number of ether oxygens (including phenoxy) is 1. The van der Waals surface area contributed by atoms with E-state index in [0.29, 0.717) is 11.3 Å². The van der Waals surface area contributed by atoms with Crippen LogP contribution in [0.25, 0.3) is 11.1 Å². The summed E-state index contributed by atoms with van der Waals surface area (Å²) in [5.74, 6) is 0.311. The highest BCUT2D eigenvalue weighted by Gasteiger charge is 2.30. The summed E-state index contributed by atoms with van der Waals surface area (Å²) in [5, 5.41) is 19.3. The normalized spacial score (nSPS) is 15.7. The number of hydrogen-bond donors (Lipinski definition) is 2. The van der Waals surface area contributed by atoms with E-state index in [-0.39, 0.29) is 17.6 Å². The Bertz CT molecular complexity index is 1030. The van der Waals surface area contributed by atoms with Crippen LogP contribution >= 0.6 is 0 Å². The lowest BCUT2D eigenvalue weighted by atomic mass is 9.83. The number of nitriles is 1. The molecule has 4 heteroatoms. The van der Waals surface area contributed by atoms with E-state index in [4.69, 9.17) is 10.5 Å². The third-order valence-corrected chi connectivity index (χ3v) is 4.55. The van der Waals surface area contributed by atoms with Crippen LogP contribution in [0.15, 0.2) is 84.3 Å². The third-order valence-electron chi connectivity index (χ3n) is 4.55. The molecule has 26 heavy (non-hydrogen) atoms. The molecule has 0 bridgehead atoms. The van der Waals surface area contributed by atoms with Crippen molar-refractivity contribution in [1.82, 2.24) is 0 Å². The molecule has 3 aromatic carbocycles. The predicted octanol–water partition coefficient (Wildman–Crippen LogP) is 4.28. The maximum atomic E-state index is 9.71. The van der Waals surface area contributed by atoms with E-state index in [1.807, 2.05) is 42.5 Å². The zero-order valence-corrected chi connectivity index (χ0v) is 13.9. The summed E-state index contributed by atoms with van der Waals surface area (Å²) in [6, 6.07) is 25.2. The lowest BCUT2D eigenvalue weighted by Gasteiger charge is -2.26. The molecule has 1 aliphatic heterocycles. The van der Waals surface area contributed by atoms with Gasteiger partial charge in [0.2, 0.25) is 5.88 Å². The van der Waals surface area contributed by atoms with Crippen molar-refractivity contribution in [1.29, 1.82) is 5.26 Å². The zero-order valence-electron chi connectivity index (χ0n) is 13.9. The van der Waals surface area contributed by atoms with Crippen LogP contribution in [0, 0.1) is 11.3 Å². The summed E-state index contributed by atoms with van der Waals surface area (Å²) in [5.41, 5.74) is 10.3. The Morgan fingerprint density at radius 2 is 1.62 bits per heavy atom. The fourth-order valence-electron chi connectivity index (χ4n) is 3.29. The highest BCUT2D eigenvalue weighted by molar-refractivity contribution is 5.65. The van der Waals surface area contributed by atoms with Gasteiger partial charge in [0.1, 0.15) is 23.1 Å². The first kappa shape index (κ1) is 15.8. The van der Waals surface area contributed by atoms with E-state index in [9.17, 15) is 10.4 Å². The summed E-state index contributed by atoms with van der Waals surface area (Å²) in [7, 11) is 0. The van der Waals surface area contributed by atoms with Gasteiger partial charge in [0.15, 0.2) is 0 Å². The molecule has 0 saturated carbocycles. The number of allylic oxidation sites excluding steroid dienone is 1. The van der Waals surface area contributed by atoms with Gasteiger partial charge in [-0.25, -0.2) is 0 Å². The average molecular weight is 340 g/mol. The van der Waals surface area contributed by atoms with Gasteiger partial charge >= 0.3 is 0 Å². The Morgan fingerprint density at radius 1 is 0.923 bits per heavy atom. The summed E-state index contributed by atoms with van der Waals surface area (Å²) < 4.78 is 5.54. The summed E-state index contributed by atoms with van der Waals surface area (Å²) in [4.78, 5) is 0. The molecule has 1 unspecified atom stereocenters. The van der Waals surface area contributed by atoms with Crippen molar-refractivity contribution < 1.29 is 9.84 Å². The first-order valence-electron chi connectivity index (χ1n) is 8.23. The van der Waals surface area contributed by atoms with E-state index in [1.165, 1.54) is 6.07 Å². The molecule has 0 spiro atoms. The highest BCUT2D eigenvalue weighted by atomic mass is 16.5. The standard InChI is InChI=1S/C22H16N2O2/c23-13-19-21(18-11-10-17(25)12-20(18)26-22(19)24)16-8-6-15(7-9-16)14-4-2-1-3-5-14/h1-12,21,25H,24H2. The maximum Gasteiger partial charge on any atom is 0.205 e. The largest absolute Gasteiger partial charge is 0.508 e. The quantitative estimate of drug-likeness (QED) is 0.730. The first-order chi connectivity index (χ1) is 12.7. The number of phenolic OH excluding ortho intramolecular Hbond substituents is 1. The fourth-order valence-corrected chi connectivity index (χ4v) is 3.29. The van der Waals surface area contributed by atoms with Crippen molar-refractivity contribution >= 4 is 0 Å². The molecule has 0 fully saturated rings. The van der Waals surface area contributed by atoms with Crippen molar-refractivity contribution in [3.8, 4) is 28.7 Å².